The van der Waals surface area contributed by atoms with Gasteiger partial charge in [0.1, 0.15) is 0 Å². The quantitative estimate of drug-likeness (QED) is 0.676. The standard InChI is InChI=1S/C14H17P/c1-14(2,12-8-6-7-9-12)15-13-10-4-3-5-11-13/h3-6,8-11,15H,7H2,1-2H3. The summed E-state index contributed by atoms with van der Waals surface area (Å²) in [6.07, 6.45) is 7.97. The van der Waals surface area contributed by atoms with Gasteiger partial charge in [0.25, 0.3) is 0 Å². The van der Waals surface area contributed by atoms with Crippen molar-refractivity contribution in [2.75, 3.05) is 0 Å². The maximum atomic E-state index is 2.34. The Labute approximate surface area is 93.9 Å². The lowest BCUT2D eigenvalue weighted by molar-refractivity contribution is 0.854. The van der Waals surface area contributed by atoms with E-state index in [2.05, 4.69) is 62.4 Å². The molecule has 0 saturated carbocycles. The van der Waals surface area contributed by atoms with E-state index in [4.69, 9.17) is 0 Å². The third-order valence-electron chi connectivity index (χ3n) is 2.72. The smallest absolute Gasteiger partial charge is 0.0108 e. The fourth-order valence-electron chi connectivity index (χ4n) is 1.88. The molecule has 1 aliphatic carbocycles. The lowest BCUT2D eigenvalue weighted by atomic mass is 10.0. The van der Waals surface area contributed by atoms with Crippen LogP contribution in [0, 0.1) is 0 Å². The summed E-state index contributed by atoms with van der Waals surface area (Å²) in [5, 5.41) is 1.73. The summed E-state index contributed by atoms with van der Waals surface area (Å²) in [6, 6.07) is 10.8. The van der Waals surface area contributed by atoms with Crippen molar-refractivity contribution < 1.29 is 0 Å². The van der Waals surface area contributed by atoms with Crippen molar-refractivity contribution in [1.82, 2.24) is 0 Å². The zero-order chi connectivity index (χ0) is 10.7. The molecule has 1 heteroatoms. The van der Waals surface area contributed by atoms with Gasteiger partial charge in [-0.25, -0.2) is 0 Å². The summed E-state index contributed by atoms with van der Waals surface area (Å²) < 4.78 is 0. The fourth-order valence-corrected chi connectivity index (χ4v) is 3.29. The Hall–Kier alpha value is -0.870. The van der Waals surface area contributed by atoms with Crippen LogP contribution in [0.2, 0.25) is 0 Å². The Morgan fingerprint density at radius 1 is 1.13 bits per heavy atom. The maximum Gasteiger partial charge on any atom is 0.0108 e. The number of benzene rings is 1. The summed E-state index contributed by atoms with van der Waals surface area (Å²) in [5.41, 5.74) is 1.49. The van der Waals surface area contributed by atoms with Gasteiger partial charge < -0.3 is 0 Å². The monoisotopic (exact) mass is 216 g/mol. The van der Waals surface area contributed by atoms with Crippen LogP contribution in [0.25, 0.3) is 0 Å². The molecule has 0 aromatic heterocycles. The zero-order valence-electron chi connectivity index (χ0n) is 9.33. The Morgan fingerprint density at radius 3 is 2.47 bits per heavy atom. The minimum atomic E-state index is 0.286. The van der Waals surface area contributed by atoms with Crippen molar-refractivity contribution in [1.29, 1.82) is 0 Å². The van der Waals surface area contributed by atoms with E-state index in [-0.39, 0.29) is 5.16 Å². The van der Waals surface area contributed by atoms with Crippen LogP contribution in [0.15, 0.2) is 54.1 Å². The van der Waals surface area contributed by atoms with Gasteiger partial charge in [0.05, 0.1) is 0 Å². The third-order valence-corrected chi connectivity index (χ3v) is 4.26. The molecule has 0 aliphatic heterocycles. The molecule has 78 valence electrons. The molecule has 1 aromatic rings. The molecule has 15 heavy (non-hydrogen) atoms. The molecule has 1 aliphatic rings. The predicted molar refractivity (Wildman–Crippen MR) is 70.3 cm³/mol. The molecule has 0 heterocycles. The maximum absolute atomic E-state index is 2.34. The number of hydrogen-bond acceptors (Lipinski definition) is 0. The highest BCUT2D eigenvalue weighted by molar-refractivity contribution is 7.49. The van der Waals surface area contributed by atoms with Crippen molar-refractivity contribution >= 4 is 13.9 Å². The highest BCUT2D eigenvalue weighted by atomic mass is 31.1. The molecule has 0 fully saturated rings. The fraction of sp³-hybridized carbons (Fsp3) is 0.286. The van der Waals surface area contributed by atoms with Crippen LogP contribution in [0.3, 0.4) is 0 Å². The summed E-state index contributed by atoms with van der Waals surface area (Å²) in [6.45, 7) is 4.67. The molecule has 1 aromatic carbocycles. The molecule has 0 nitrogen and oxygen atoms in total. The van der Waals surface area contributed by atoms with Crippen LogP contribution in [-0.4, -0.2) is 5.16 Å². The van der Waals surface area contributed by atoms with E-state index in [1.54, 1.807) is 0 Å². The topological polar surface area (TPSA) is 0 Å². The van der Waals surface area contributed by atoms with Crippen LogP contribution >= 0.6 is 8.58 Å². The normalized spacial score (nSPS) is 16.3. The summed E-state index contributed by atoms with van der Waals surface area (Å²) in [5.74, 6) is 0. The first-order valence-electron chi connectivity index (χ1n) is 5.39. The molecular weight excluding hydrogens is 199 g/mol. The van der Waals surface area contributed by atoms with E-state index in [0.717, 1.165) is 15.0 Å². The van der Waals surface area contributed by atoms with E-state index in [0.29, 0.717) is 0 Å². The molecule has 0 spiro atoms. The van der Waals surface area contributed by atoms with Crippen LogP contribution in [0.4, 0.5) is 0 Å². The molecule has 2 rings (SSSR count). The first-order chi connectivity index (χ1) is 7.18. The Bertz CT molecular complexity index is 385. The van der Waals surface area contributed by atoms with Crippen molar-refractivity contribution in [2.24, 2.45) is 0 Å². The Balaban J connectivity index is 2.14. The van der Waals surface area contributed by atoms with Crippen LogP contribution in [0.5, 0.6) is 0 Å². The van der Waals surface area contributed by atoms with Crippen LogP contribution < -0.4 is 5.30 Å². The highest BCUT2D eigenvalue weighted by Gasteiger charge is 2.22. The Morgan fingerprint density at radius 2 is 1.87 bits per heavy atom. The van der Waals surface area contributed by atoms with Gasteiger partial charge in [-0.1, -0.05) is 71.0 Å². The van der Waals surface area contributed by atoms with Gasteiger partial charge in [0.2, 0.25) is 0 Å². The molecule has 1 unspecified atom stereocenters. The second-order valence-electron chi connectivity index (χ2n) is 4.41. The molecular formula is C14H17P. The van der Waals surface area contributed by atoms with Gasteiger partial charge in [-0.3, -0.25) is 0 Å². The van der Waals surface area contributed by atoms with Crippen LogP contribution in [0.1, 0.15) is 20.3 Å². The molecule has 0 radical (unpaired) electrons. The van der Waals surface area contributed by atoms with Crippen LogP contribution in [-0.2, 0) is 0 Å². The minimum absolute atomic E-state index is 0.286. The Kier molecular flexibility index (Phi) is 3.07. The second kappa shape index (κ2) is 4.33. The molecule has 0 amide bonds. The van der Waals surface area contributed by atoms with Crippen molar-refractivity contribution in [2.45, 2.75) is 25.4 Å². The molecule has 0 N–H and O–H groups in total. The molecule has 1 atom stereocenters. The first kappa shape index (κ1) is 10.6. The number of hydrogen-bond donors (Lipinski definition) is 0. The van der Waals surface area contributed by atoms with Gasteiger partial charge in [0.15, 0.2) is 0 Å². The minimum Gasteiger partial charge on any atom is -0.0804 e. The molecule has 0 saturated heterocycles. The van der Waals surface area contributed by atoms with Crippen molar-refractivity contribution in [3.8, 4) is 0 Å². The third kappa shape index (κ3) is 2.58. The van der Waals surface area contributed by atoms with E-state index < -0.39 is 0 Å². The lowest BCUT2D eigenvalue weighted by Gasteiger charge is -2.25. The van der Waals surface area contributed by atoms with E-state index in [1.165, 1.54) is 10.9 Å². The second-order valence-corrected chi connectivity index (χ2v) is 6.49. The SMILES string of the molecule is CC(C)(Pc1ccccc1)C1=CCC=C1. The van der Waals surface area contributed by atoms with Gasteiger partial charge in [0, 0.05) is 5.16 Å². The average Bonchev–Trinajstić information content (AvgIpc) is 2.71. The van der Waals surface area contributed by atoms with Gasteiger partial charge in [-0.15, -0.1) is 0 Å². The van der Waals surface area contributed by atoms with Gasteiger partial charge in [-0.2, -0.15) is 0 Å². The van der Waals surface area contributed by atoms with E-state index in [1.807, 2.05) is 0 Å². The van der Waals surface area contributed by atoms with Gasteiger partial charge >= 0.3 is 0 Å². The van der Waals surface area contributed by atoms with Gasteiger partial charge in [-0.05, 0) is 17.3 Å². The summed E-state index contributed by atoms with van der Waals surface area (Å²) in [7, 11) is 0.846. The number of rotatable bonds is 3. The highest BCUT2D eigenvalue weighted by Crippen LogP contribution is 2.39. The number of allylic oxidation sites excluding steroid dienone is 4. The lowest BCUT2D eigenvalue weighted by Crippen LogP contribution is -2.18. The predicted octanol–water partition coefficient (Wildman–Crippen LogP) is 3.66. The zero-order valence-corrected chi connectivity index (χ0v) is 10.3. The largest absolute Gasteiger partial charge is 0.0804 e. The summed E-state index contributed by atoms with van der Waals surface area (Å²) >= 11 is 0. The van der Waals surface area contributed by atoms with Crippen molar-refractivity contribution in [3.63, 3.8) is 0 Å². The van der Waals surface area contributed by atoms with E-state index in [9.17, 15) is 0 Å². The first-order valence-corrected chi connectivity index (χ1v) is 6.39. The molecule has 0 bridgehead atoms. The summed E-state index contributed by atoms with van der Waals surface area (Å²) in [4.78, 5) is 0. The van der Waals surface area contributed by atoms with E-state index >= 15 is 0 Å². The van der Waals surface area contributed by atoms with Crippen molar-refractivity contribution in [3.05, 3.63) is 54.1 Å². The average molecular weight is 216 g/mol.